The second-order valence-electron chi connectivity index (χ2n) is 3.15. The fraction of sp³-hybridized carbons (Fsp3) is 0.300. The maximum atomic E-state index is 10.7. The largest absolute Gasteiger partial charge is 0.288 e. The van der Waals surface area contributed by atoms with Crippen LogP contribution < -0.4 is 0 Å². The topological polar surface area (TPSA) is 47.3 Å². The van der Waals surface area contributed by atoms with E-state index < -0.39 is 0 Å². The zero-order valence-electron chi connectivity index (χ0n) is 8.38. The lowest BCUT2D eigenvalue weighted by molar-refractivity contribution is -0.109. The van der Waals surface area contributed by atoms with Gasteiger partial charge in [0.15, 0.2) is 10.8 Å². The van der Waals surface area contributed by atoms with Crippen molar-refractivity contribution in [3.8, 4) is 0 Å². The van der Waals surface area contributed by atoms with E-state index in [2.05, 4.69) is 10.1 Å². The minimum atomic E-state index is 0.150. The number of hydrogen-bond donors (Lipinski definition) is 0. The predicted molar refractivity (Wildman–Crippen MR) is 59.8 cm³/mol. The molecule has 0 saturated carbocycles. The molecule has 0 fully saturated rings. The summed E-state index contributed by atoms with van der Waals surface area (Å²) in [6, 6.07) is 3.77. The molecule has 78 valence electrons. The maximum Gasteiger partial charge on any atom is 0.185 e. The van der Waals surface area contributed by atoms with E-state index in [-0.39, 0.29) is 5.12 Å². The van der Waals surface area contributed by atoms with Crippen molar-refractivity contribution in [1.29, 1.82) is 0 Å². The average molecular weight is 221 g/mol. The SMILES string of the molecule is CC(=O)SCCc1cn2ncccc2n1. The number of carbonyl (C=O) groups excluding carboxylic acids is 1. The Hall–Kier alpha value is -1.36. The molecule has 4 nitrogen and oxygen atoms in total. The average Bonchev–Trinajstić information content (AvgIpc) is 2.59. The van der Waals surface area contributed by atoms with Gasteiger partial charge in [-0.15, -0.1) is 0 Å². The normalized spacial score (nSPS) is 10.7. The number of imidazole rings is 1. The van der Waals surface area contributed by atoms with Crippen LogP contribution in [0.15, 0.2) is 24.5 Å². The molecule has 0 unspecified atom stereocenters. The van der Waals surface area contributed by atoms with Gasteiger partial charge in [-0.1, -0.05) is 11.8 Å². The highest BCUT2D eigenvalue weighted by atomic mass is 32.2. The van der Waals surface area contributed by atoms with Gasteiger partial charge in [0.2, 0.25) is 0 Å². The summed E-state index contributed by atoms with van der Waals surface area (Å²) < 4.78 is 1.74. The van der Waals surface area contributed by atoms with Crippen molar-refractivity contribution in [3.05, 3.63) is 30.2 Å². The molecule has 0 aliphatic heterocycles. The summed E-state index contributed by atoms with van der Waals surface area (Å²) in [5.41, 5.74) is 1.82. The lowest BCUT2D eigenvalue weighted by Gasteiger charge is -1.92. The van der Waals surface area contributed by atoms with Crippen molar-refractivity contribution in [3.63, 3.8) is 0 Å². The molecule has 0 spiro atoms. The van der Waals surface area contributed by atoms with Crippen molar-refractivity contribution in [2.45, 2.75) is 13.3 Å². The lowest BCUT2D eigenvalue weighted by Crippen LogP contribution is -1.91. The fourth-order valence-corrected chi connectivity index (χ4v) is 1.90. The van der Waals surface area contributed by atoms with Crippen LogP contribution in [0.1, 0.15) is 12.6 Å². The molecule has 0 N–H and O–H groups in total. The molecule has 2 aromatic heterocycles. The molecule has 0 aliphatic rings. The molecule has 2 heterocycles. The Bertz CT molecular complexity index is 447. The Balaban J connectivity index is 2.05. The van der Waals surface area contributed by atoms with Gasteiger partial charge in [0, 0.05) is 25.3 Å². The molecule has 0 radical (unpaired) electrons. The number of aromatic nitrogens is 3. The summed E-state index contributed by atoms with van der Waals surface area (Å²) in [4.78, 5) is 15.1. The van der Waals surface area contributed by atoms with E-state index in [1.54, 1.807) is 17.6 Å². The van der Waals surface area contributed by atoms with Gasteiger partial charge in [0.25, 0.3) is 0 Å². The maximum absolute atomic E-state index is 10.7. The highest BCUT2D eigenvalue weighted by Crippen LogP contribution is 2.08. The third kappa shape index (κ3) is 2.56. The van der Waals surface area contributed by atoms with Crippen molar-refractivity contribution < 1.29 is 4.79 Å². The minimum Gasteiger partial charge on any atom is -0.288 e. The number of thioether (sulfide) groups is 1. The van der Waals surface area contributed by atoms with Crippen LogP contribution in [0.3, 0.4) is 0 Å². The van der Waals surface area contributed by atoms with Crippen LogP contribution in [-0.4, -0.2) is 25.5 Å². The van der Waals surface area contributed by atoms with E-state index in [1.165, 1.54) is 11.8 Å². The van der Waals surface area contributed by atoms with E-state index in [4.69, 9.17) is 0 Å². The predicted octanol–water partition coefficient (Wildman–Crippen LogP) is 1.55. The third-order valence-corrected chi connectivity index (χ3v) is 2.76. The molecule has 2 aromatic rings. The molecule has 0 saturated heterocycles. The van der Waals surface area contributed by atoms with E-state index in [0.717, 1.165) is 23.5 Å². The number of hydrogen-bond acceptors (Lipinski definition) is 4. The Labute approximate surface area is 91.7 Å². The highest BCUT2D eigenvalue weighted by Gasteiger charge is 2.02. The summed E-state index contributed by atoms with van der Waals surface area (Å²) >= 11 is 1.33. The molecule has 0 atom stereocenters. The van der Waals surface area contributed by atoms with E-state index in [9.17, 15) is 4.79 Å². The number of fused-ring (bicyclic) bond motifs is 1. The summed E-state index contributed by atoms with van der Waals surface area (Å²) in [5.74, 6) is 0.777. The van der Waals surface area contributed by atoms with Gasteiger partial charge in [-0.05, 0) is 12.1 Å². The standard InChI is InChI=1S/C10H11N3OS/c1-8(14)15-6-4-9-7-13-10(12-9)3-2-5-11-13/h2-3,5,7H,4,6H2,1H3. The molecular formula is C10H11N3OS. The molecule has 0 aliphatic carbocycles. The Morgan fingerprint density at radius 2 is 2.47 bits per heavy atom. The van der Waals surface area contributed by atoms with Crippen LogP contribution in [0.4, 0.5) is 0 Å². The smallest absolute Gasteiger partial charge is 0.185 e. The molecule has 0 amide bonds. The molecule has 15 heavy (non-hydrogen) atoms. The van der Waals surface area contributed by atoms with Gasteiger partial charge in [-0.25, -0.2) is 9.50 Å². The molecule has 2 rings (SSSR count). The zero-order valence-corrected chi connectivity index (χ0v) is 9.20. The summed E-state index contributed by atoms with van der Waals surface area (Å²) in [6.45, 7) is 1.58. The lowest BCUT2D eigenvalue weighted by atomic mass is 10.4. The van der Waals surface area contributed by atoms with Crippen molar-refractivity contribution in [2.75, 3.05) is 5.75 Å². The molecule has 0 bridgehead atoms. The van der Waals surface area contributed by atoms with Gasteiger partial charge in [0.1, 0.15) is 0 Å². The van der Waals surface area contributed by atoms with Crippen LogP contribution in [0.2, 0.25) is 0 Å². The first kappa shape index (κ1) is 10.2. The van der Waals surface area contributed by atoms with Gasteiger partial charge in [-0.2, -0.15) is 5.10 Å². The van der Waals surface area contributed by atoms with Crippen LogP contribution in [0.5, 0.6) is 0 Å². The molecular weight excluding hydrogens is 210 g/mol. The number of carbonyl (C=O) groups is 1. The van der Waals surface area contributed by atoms with Crippen LogP contribution in [0.25, 0.3) is 5.65 Å². The first-order chi connectivity index (χ1) is 7.25. The molecule has 0 aromatic carbocycles. The van der Waals surface area contributed by atoms with Gasteiger partial charge in [-0.3, -0.25) is 4.79 Å². The second kappa shape index (κ2) is 4.44. The van der Waals surface area contributed by atoms with E-state index in [0.29, 0.717) is 0 Å². The van der Waals surface area contributed by atoms with Crippen molar-refractivity contribution in [1.82, 2.24) is 14.6 Å². The second-order valence-corrected chi connectivity index (χ2v) is 4.42. The monoisotopic (exact) mass is 221 g/mol. The van der Waals surface area contributed by atoms with E-state index >= 15 is 0 Å². The first-order valence-electron chi connectivity index (χ1n) is 4.68. The number of nitrogens with zero attached hydrogens (tertiary/aromatic N) is 3. The zero-order chi connectivity index (χ0) is 10.7. The van der Waals surface area contributed by atoms with Crippen LogP contribution >= 0.6 is 11.8 Å². The highest BCUT2D eigenvalue weighted by molar-refractivity contribution is 8.13. The summed E-state index contributed by atoms with van der Waals surface area (Å²) in [6.07, 6.45) is 4.42. The van der Waals surface area contributed by atoms with Gasteiger partial charge >= 0.3 is 0 Å². The quantitative estimate of drug-likeness (QED) is 0.789. The van der Waals surface area contributed by atoms with Crippen LogP contribution in [0, 0.1) is 0 Å². The number of aryl methyl sites for hydroxylation is 1. The summed E-state index contributed by atoms with van der Waals surface area (Å²) in [5, 5.41) is 4.28. The van der Waals surface area contributed by atoms with Gasteiger partial charge < -0.3 is 0 Å². The fourth-order valence-electron chi connectivity index (χ4n) is 1.30. The Morgan fingerprint density at radius 3 is 3.20 bits per heavy atom. The Kier molecular flexibility index (Phi) is 3.01. The van der Waals surface area contributed by atoms with Crippen molar-refractivity contribution in [2.24, 2.45) is 0 Å². The minimum absolute atomic E-state index is 0.150. The third-order valence-electron chi connectivity index (χ3n) is 1.95. The van der Waals surface area contributed by atoms with Gasteiger partial charge in [0.05, 0.1) is 11.9 Å². The Morgan fingerprint density at radius 1 is 1.60 bits per heavy atom. The van der Waals surface area contributed by atoms with Crippen LogP contribution in [-0.2, 0) is 11.2 Å². The summed E-state index contributed by atoms with van der Waals surface area (Å²) in [7, 11) is 0. The van der Waals surface area contributed by atoms with E-state index in [1.807, 2.05) is 18.3 Å². The molecule has 5 heteroatoms. The van der Waals surface area contributed by atoms with Crippen molar-refractivity contribution >= 4 is 22.5 Å². The first-order valence-corrected chi connectivity index (χ1v) is 5.67. The number of rotatable bonds is 3.